The highest BCUT2D eigenvalue weighted by molar-refractivity contribution is 6.08. The van der Waals surface area contributed by atoms with E-state index in [9.17, 15) is 4.79 Å². The Bertz CT molecular complexity index is 1020. The van der Waals surface area contributed by atoms with E-state index in [4.69, 9.17) is 14.2 Å². The zero-order valence-corrected chi connectivity index (χ0v) is 17.6. The van der Waals surface area contributed by atoms with Crippen molar-refractivity contribution < 1.29 is 19.0 Å². The summed E-state index contributed by atoms with van der Waals surface area (Å²) in [7, 11) is 4.60. The molecule has 0 aliphatic heterocycles. The first-order valence-electron chi connectivity index (χ1n) is 9.58. The molecule has 29 heavy (non-hydrogen) atoms. The van der Waals surface area contributed by atoms with E-state index >= 15 is 0 Å². The molecule has 0 saturated heterocycles. The van der Waals surface area contributed by atoms with Crippen molar-refractivity contribution in [1.29, 1.82) is 0 Å². The molecule has 3 aromatic rings. The monoisotopic (exact) mass is 393 g/mol. The lowest BCUT2D eigenvalue weighted by Gasteiger charge is -2.13. The van der Waals surface area contributed by atoms with Crippen LogP contribution in [-0.2, 0) is 6.54 Å². The molecular formula is C24H27NO4. The smallest absolute Gasteiger partial charge is 0.203 e. The minimum Gasteiger partial charge on any atom is -0.493 e. The lowest BCUT2D eigenvalue weighted by Crippen LogP contribution is -2.02. The SMILES string of the molecule is COc1cc(C(=O)C=Cc2cn(CC(C)C)c3ccccc23)cc(OC)c1OC. The van der Waals surface area contributed by atoms with Gasteiger partial charge in [0, 0.05) is 34.8 Å². The Balaban J connectivity index is 1.95. The maximum Gasteiger partial charge on any atom is 0.203 e. The highest BCUT2D eigenvalue weighted by Crippen LogP contribution is 2.38. The molecule has 0 aliphatic rings. The molecule has 152 valence electrons. The van der Waals surface area contributed by atoms with Crippen molar-refractivity contribution >= 4 is 22.8 Å². The van der Waals surface area contributed by atoms with Gasteiger partial charge < -0.3 is 18.8 Å². The molecule has 0 fully saturated rings. The van der Waals surface area contributed by atoms with E-state index < -0.39 is 0 Å². The van der Waals surface area contributed by atoms with Crippen LogP contribution in [-0.4, -0.2) is 31.7 Å². The fraction of sp³-hybridized carbons (Fsp3) is 0.292. The molecule has 3 rings (SSSR count). The van der Waals surface area contributed by atoms with Gasteiger partial charge in [0.25, 0.3) is 0 Å². The standard InChI is InChI=1S/C24H27NO4/c1-16(2)14-25-15-17(19-8-6-7-9-20(19)25)10-11-21(26)18-12-22(27-3)24(29-5)23(13-18)28-4/h6-13,15-16H,14H2,1-5H3. The van der Waals surface area contributed by atoms with Crippen molar-refractivity contribution in [3.8, 4) is 17.2 Å². The molecule has 5 heteroatoms. The lowest BCUT2D eigenvalue weighted by atomic mass is 10.1. The van der Waals surface area contributed by atoms with Crippen LogP contribution < -0.4 is 14.2 Å². The highest BCUT2D eigenvalue weighted by atomic mass is 16.5. The topological polar surface area (TPSA) is 49.7 Å². The molecule has 1 aromatic heterocycles. The molecular weight excluding hydrogens is 366 g/mol. The third-order valence-corrected chi connectivity index (χ3v) is 4.74. The van der Waals surface area contributed by atoms with Crippen molar-refractivity contribution in [2.45, 2.75) is 20.4 Å². The Morgan fingerprint density at radius 1 is 1.03 bits per heavy atom. The van der Waals surface area contributed by atoms with Gasteiger partial charge in [-0.1, -0.05) is 32.0 Å². The summed E-state index contributed by atoms with van der Waals surface area (Å²) in [6.45, 7) is 5.31. The van der Waals surface area contributed by atoms with Gasteiger partial charge in [-0.15, -0.1) is 0 Å². The van der Waals surface area contributed by atoms with E-state index in [1.54, 1.807) is 18.2 Å². The van der Waals surface area contributed by atoms with Crippen molar-refractivity contribution in [1.82, 2.24) is 4.57 Å². The van der Waals surface area contributed by atoms with Crippen LogP contribution in [0.1, 0.15) is 29.8 Å². The maximum absolute atomic E-state index is 12.8. The van der Waals surface area contributed by atoms with Crippen LogP contribution in [0, 0.1) is 5.92 Å². The van der Waals surface area contributed by atoms with E-state index in [1.807, 2.05) is 18.2 Å². The highest BCUT2D eigenvalue weighted by Gasteiger charge is 2.16. The average molecular weight is 393 g/mol. The number of hydrogen-bond acceptors (Lipinski definition) is 4. The molecule has 0 aliphatic carbocycles. The second kappa shape index (κ2) is 8.86. The molecule has 0 atom stereocenters. The first kappa shape index (κ1) is 20.5. The van der Waals surface area contributed by atoms with E-state index in [-0.39, 0.29) is 5.78 Å². The molecule has 2 aromatic carbocycles. The van der Waals surface area contributed by atoms with Gasteiger partial charge in [-0.25, -0.2) is 0 Å². The maximum atomic E-state index is 12.8. The lowest BCUT2D eigenvalue weighted by molar-refractivity contribution is 0.104. The number of rotatable bonds is 8. The van der Waals surface area contributed by atoms with Crippen molar-refractivity contribution in [3.63, 3.8) is 0 Å². The molecule has 5 nitrogen and oxygen atoms in total. The van der Waals surface area contributed by atoms with Gasteiger partial charge in [-0.2, -0.15) is 0 Å². The van der Waals surface area contributed by atoms with Crippen LogP contribution in [0.5, 0.6) is 17.2 Å². The Morgan fingerprint density at radius 2 is 1.69 bits per heavy atom. The minimum absolute atomic E-state index is 0.134. The number of allylic oxidation sites excluding steroid dienone is 1. The number of carbonyl (C=O) groups is 1. The molecule has 0 saturated carbocycles. The number of carbonyl (C=O) groups excluding carboxylic acids is 1. The van der Waals surface area contributed by atoms with Gasteiger partial charge in [-0.05, 0) is 36.3 Å². The predicted octanol–water partition coefficient (Wildman–Crippen LogP) is 5.22. The third-order valence-electron chi connectivity index (χ3n) is 4.74. The van der Waals surface area contributed by atoms with Crippen LogP contribution in [0.2, 0.25) is 0 Å². The fourth-order valence-corrected chi connectivity index (χ4v) is 3.44. The van der Waals surface area contributed by atoms with E-state index in [1.165, 1.54) is 26.8 Å². The Labute approximate surface area is 171 Å². The molecule has 0 radical (unpaired) electrons. The molecule has 0 bridgehead atoms. The predicted molar refractivity (Wildman–Crippen MR) is 116 cm³/mol. The molecule has 1 heterocycles. The summed E-state index contributed by atoms with van der Waals surface area (Å²) >= 11 is 0. The van der Waals surface area contributed by atoms with E-state index in [0.717, 1.165) is 17.5 Å². The molecule has 0 spiro atoms. The first-order chi connectivity index (χ1) is 14.0. The summed E-state index contributed by atoms with van der Waals surface area (Å²) in [4.78, 5) is 12.8. The Morgan fingerprint density at radius 3 is 2.28 bits per heavy atom. The van der Waals surface area contributed by atoms with Gasteiger partial charge in [-0.3, -0.25) is 4.79 Å². The van der Waals surface area contributed by atoms with Crippen molar-refractivity contribution in [2.24, 2.45) is 5.92 Å². The van der Waals surface area contributed by atoms with Crippen LogP contribution in [0.25, 0.3) is 17.0 Å². The average Bonchev–Trinajstić information content (AvgIpc) is 3.07. The zero-order chi connectivity index (χ0) is 21.0. The quantitative estimate of drug-likeness (QED) is 0.389. The number of fused-ring (bicyclic) bond motifs is 1. The van der Waals surface area contributed by atoms with Crippen LogP contribution in [0.15, 0.2) is 48.7 Å². The van der Waals surface area contributed by atoms with Gasteiger partial charge in [0.05, 0.1) is 21.3 Å². The van der Waals surface area contributed by atoms with Gasteiger partial charge in [0.15, 0.2) is 17.3 Å². The molecule has 0 unspecified atom stereocenters. The second-order valence-electron chi connectivity index (χ2n) is 7.26. The summed E-state index contributed by atoms with van der Waals surface area (Å²) in [5.41, 5.74) is 2.66. The van der Waals surface area contributed by atoms with Crippen LogP contribution in [0.3, 0.4) is 0 Å². The van der Waals surface area contributed by atoms with Crippen molar-refractivity contribution in [3.05, 3.63) is 59.8 Å². The minimum atomic E-state index is -0.134. The van der Waals surface area contributed by atoms with Gasteiger partial charge >= 0.3 is 0 Å². The number of para-hydroxylation sites is 1. The van der Waals surface area contributed by atoms with Gasteiger partial charge in [0.1, 0.15) is 0 Å². The number of ether oxygens (including phenoxy) is 3. The number of ketones is 1. The normalized spacial score (nSPS) is 11.4. The Kier molecular flexibility index (Phi) is 6.27. The second-order valence-corrected chi connectivity index (χ2v) is 7.26. The van der Waals surface area contributed by atoms with Crippen LogP contribution >= 0.6 is 0 Å². The van der Waals surface area contributed by atoms with E-state index in [0.29, 0.717) is 28.7 Å². The Hall–Kier alpha value is -3.21. The largest absolute Gasteiger partial charge is 0.493 e. The number of nitrogens with zero attached hydrogens (tertiary/aromatic N) is 1. The van der Waals surface area contributed by atoms with Crippen LogP contribution in [0.4, 0.5) is 0 Å². The number of hydrogen-bond donors (Lipinski definition) is 0. The zero-order valence-electron chi connectivity index (χ0n) is 17.6. The number of aromatic nitrogens is 1. The van der Waals surface area contributed by atoms with Gasteiger partial charge in [0.2, 0.25) is 5.75 Å². The summed E-state index contributed by atoms with van der Waals surface area (Å²) in [5, 5.41) is 1.13. The number of benzene rings is 2. The van der Waals surface area contributed by atoms with Crippen molar-refractivity contribution in [2.75, 3.05) is 21.3 Å². The van der Waals surface area contributed by atoms with E-state index in [2.05, 4.69) is 36.7 Å². The molecule has 0 N–H and O–H groups in total. The first-order valence-corrected chi connectivity index (χ1v) is 9.58. The summed E-state index contributed by atoms with van der Waals surface area (Å²) in [5.74, 6) is 1.77. The summed E-state index contributed by atoms with van der Waals surface area (Å²) < 4.78 is 18.3. The summed E-state index contributed by atoms with van der Waals surface area (Å²) in [6.07, 6.45) is 5.55. The summed E-state index contributed by atoms with van der Waals surface area (Å²) in [6, 6.07) is 11.6. The third kappa shape index (κ3) is 4.29. The molecule has 0 amide bonds. The fourth-order valence-electron chi connectivity index (χ4n) is 3.44. The number of methoxy groups -OCH3 is 3.